The highest BCUT2D eigenvalue weighted by Gasteiger charge is 2.25. The van der Waals surface area contributed by atoms with E-state index in [9.17, 15) is 4.79 Å². The molecule has 0 unspecified atom stereocenters. The van der Waals surface area contributed by atoms with E-state index in [2.05, 4.69) is 19.9 Å². The highest BCUT2D eigenvalue weighted by molar-refractivity contribution is 5.97. The van der Waals surface area contributed by atoms with Crippen LogP contribution in [0.1, 0.15) is 21.6 Å². The molecule has 0 saturated carbocycles. The van der Waals surface area contributed by atoms with Gasteiger partial charge in [-0.1, -0.05) is 0 Å². The second-order valence-corrected chi connectivity index (χ2v) is 4.92. The van der Waals surface area contributed by atoms with Crippen LogP contribution < -0.4 is 0 Å². The minimum Gasteiger partial charge on any atom is -0.328 e. The Morgan fingerprint density at radius 3 is 2.76 bits per heavy atom. The topological polar surface area (TPSA) is 71.9 Å². The summed E-state index contributed by atoms with van der Waals surface area (Å²) in [5.41, 5.74) is 4.04. The van der Waals surface area contributed by atoms with Crippen LogP contribution in [0.15, 0.2) is 43.1 Å². The van der Waals surface area contributed by atoms with Crippen LogP contribution >= 0.6 is 0 Å². The smallest absolute Gasteiger partial charge is 0.254 e. The third kappa shape index (κ3) is 2.01. The molecule has 0 N–H and O–H groups in total. The van der Waals surface area contributed by atoms with E-state index in [4.69, 9.17) is 0 Å². The molecule has 0 saturated heterocycles. The molecule has 1 aliphatic heterocycles. The van der Waals surface area contributed by atoms with Crippen molar-refractivity contribution in [3.8, 4) is 0 Å². The first-order chi connectivity index (χ1) is 10.3. The van der Waals surface area contributed by atoms with E-state index < -0.39 is 0 Å². The van der Waals surface area contributed by atoms with Gasteiger partial charge in [-0.3, -0.25) is 14.8 Å². The van der Waals surface area contributed by atoms with Gasteiger partial charge in [0, 0.05) is 36.3 Å². The van der Waals surface area contributed by atoms with Gasteiger partial charge >= 0.3 is 0 Å². The molecule has 1 aliphatic rings. The van der Waals surface area contributed by atoms with Crippen LogP contribution in [-0.2, 0) is 13.1 Å². The number of hydrogen-bond acceptors (Lipinski definition) is 5. The molecule has 0 atom stereocenters. The zero-order valence-corrected chi connectivity index (χ0v) is 11.1. The van der Waals surface area contributed by atoms with Gasteiger partial charge in [0.1, 0.15) is 6.33 Å². The van der Waals surface area contributed by atoms with Crippen molar-refractivity contribution in [2.75, 3.05) is 0 Å². The monoisotopic (exact) mass is 277 g/mol. The largest absolute Gasteiger partial charge is 0.328 e. The van der Waals surface area contributed by atoms with Crippen LogP contribution in [-0.4, -0.2) is 30.7 Å². The van der Waals surface area contributed by atoms with Gasteiger partial charge < -0.3 is 4.90 Å². The molecule has 3 aromatic rings. The third-order valence-corrected chi connectivity index (χ3v) is 3.59. The number of hydrogen-bond donors (Lipinski definition) is 0. The normalized spacial score (nSPS) is 13.4. The molecule has 6 heteroatoms. The Balaban J connectivity index is 1.65. The van der Waals surface area contributed by atoms with E-state index in [-0.39, 0.29) is 5.91 Å². The number of rotatable bonds is 1. The Labute approximate surface area is 120 Å². The maximum absolute atomic E-state index is 12.6. The molecule has 6 nitrogen and oxygen atoms in total. The Hall–Kier alpha value is -2.89. The summed E-state index contributed by atoms with van der Waals surface area (Å²) in [6, 6.07) is 5.38. The molecular formula is C15H11N5O. The van der Waals surface area contributed by atoms with Crippen molar-refractivity contribution in [1.82, 2.24) is 24.8 Å². The van der Waals surface area contributed by atoms with E-state index in [1.807, 2.05) is 6.07 Å². The second-order valence-electron chi connectivity index (χ2n) is 4.92. The van der Waals surface area contributed by atoms with Gasteiger partial charge in [-0.2, -0.15) is 0 Å². The van der Waals surface area contributed by atoms with Crippen molar-refractivity contribution < 1.29 is 4.79 Å². The van der Waals surface area contributed by atoms with Gasteiger partial charge in [0.25, 0.3) is 5.91 Å². The van der Waals surface area contributed by atoms with Crippen molar-refractivity contribution >= 4 is 16.9 Å². The summed E-state index contributed by atoms with van der Waals surface area (Å²) >= 11 is 0. The summed E-state index contributed by atoms with van der Waals surface area (Å²) < 4.78 is 0. The van der Waals surface area contributed by atoms with Crippen LogP contribution in [0.25, 0.3) is 11.0 Å². The number of carbonyl (C=O) groups excluding carboxylic acids is 1. The summed E-state index contributed by atoms with van der Waals surface area (Å²) in [5, 5.41) is 0. The summed E-state index contributed by atoms with van der Waals surface area (Å²) in [6.07, 6.45) is 6.54. The molecule has 4 rings (SSSR count). The van der Waals surface area contributed by atoms with Crippen LogP contribution in [0.5, 0.6) is 0 Å². The van der Waals surface area contributed by atoms with Crippen molar-refractivity contribution in [3.63, 3.8) is 0 Å². The first-order valence-corrected chi connectivity index (χ1v) is 6.59. The summed E-state index contributed by atoms with van der Waals surface area (Å²) in [7, 11) is 0. The Morgan fingerprint density at radius 2 is 1.90 bits per heavy atom. The second kappa shape index (κ2) is 4.59. The first-order valence-electron chi connectivity index (χ1n) is 6.59. The van der Waals surface area contributed by atoms with Crippen molar-refractivity contribution in [2.24, 2.45) is 0 Å². The van der Waals surface area contributed by atoms with Crippen LogP contribution in [0.3, 0.4) is 0 Å². The molecule has 0 aliphatic carbocycles. The maximum Gasteiger partial charge on any atom is 0.254 e. The zero-order chi connectivity index (χ0) is 14.2. The first kappa shape index (κ1) is 11.9. The summed E-state index contributed by atoms with van der Waals surface area (Å²) in [5.74, 6) is -0.0273. The van der Waals surface area contributed by atoms with E-state index in [0.29, 0.717) is 18.7 Å². The van der Waals surface area contributed by atoms with Gasteiger partial charge in [-0.15, -0.1) is 0 Å². The lowest BCUT2D eigenvalue weighted by Crippen LogP contribution is -2.25. The predicted octanol–water partition coefficient (Wildman–Crippen LogP) is 1.58. The number of aromatic nitrogens is 4. The molecule has 1 aromatic carbocycles. The maximum atomic E-state index is 12.6. The van der Waals surface area contributed by atoms with Gasteiger partial charge in [-0.25, -0.2) is 9.97 Å². The molecule has 21 heavy (non-hydrogen) atoms. The van der Waals surface area contributed by atoms with Gasteiger partial charge in [0.05, 0.1) is 23.3 Å². The predicted molar refractivity (Wildman–Crippen MR) is 75.1 cm³/mol. The Morgan fingerprint density at radius 1 is 1.05 bits per heavy atom. The molecule has 0 bridgehead atoms. The van der Waals surface area contributed by atoms with Crippen molar-refractivity contribution in [2.45, 2.75) is 13.1 Å². The lowest BCUT2D eigenvalue weighted by Gasteiger charge is -2.15. The molecule has 0 spiro atoms. The van der Waals surface area contributed by atoms with Crippen molar-refractivity contribution in [3.05, 3.63) is 59.9 Å². The number of carbonyl (C=O) groups is 1. The summed E-state index contributed by atoms with van der Waals surface area (Å²) in [6.45, 7) is 1.07. The SMILES string of the molecule is O=C(c1ccc2nccnc2c1)N1Cc2cncnc2C1. The molecule has 1 amide bonds. The van der Waals surface area contributed by atoms with E-state index >= 15 is 0 Å². The average molecular weight is 277 g/mol. The third-order valence-electron chi connectivity index (χ3n) is 3.59. The lowest BCUT2D eigenvalue weighted by atomic mass is 10.1. The highest BCUT2D eigenvalue weighted by atomic mass is 16.2. The Bertz CT molecular complexity index is 823. The van der Waals surface area contributed by atoms with Crippen molar-refractivity contribution in [1.29, 1.82) is 0 Å². The van der Waals surface area contributed by atoms with E-state index in [0.717, 1.165) is 22.3 Å². The lowest BCUT2D eigenvalue weighted by molar-refractivity contribution is 0.0750. The standard InChI is InChI=1S/C15H11N5O/c21-15(20-7-11-6-16-9-19-14(11)8-20)10-1-2-12-13(5-10)18-4-3-17-12/h1-6,9H,7-8H2. The number of fused-ring (bicyclic) bond motifs is 2. The highest BCUT2D eigenvalue weighted by Crippen LogP contribution is 2.22. The van der Waals surface area contributed by atoms with E-state index in [1.54, 1.807) is 35.6 Å². The molecule has 2 aromatic heterocycles. The fourth-order valence-corrected chi connectivity index (χ4v) is 2.52. The number of nitrogens with zero attached hydrogens (tertiary/aromatic N) is 5. The van der Waals surface area contributed by atoms with Gasteiger partial charge in [0.2, 0.25) is 0 Å². The number of benzene rings is 1. The van der Waals surface area contributed by atoms with Crippen LogP contribution in [0, 0.1) is 0 Å². The fraction of sp³-hybridized carbons (Fsp3) is 0.133. The minimum absolute atomic E-state index is 0.0273. The number of amides is 1. The van der Waals surface area contributed by atoms with Crippen LogP contribution in [0.2, 0.25) is 0 Å². The molecule has 102 valence electrons. The van der Waals surface area contributed by atoms with Gasteiger partial charge in [-0.05, 0) is 18.2 Å². The Kier molecular flexibility index (Phi) is 2.60. The fourth-order valence-electron chi connectivity index (χ4n) is 2.52. The molecule has 0 radical (unpaired) electrons. The average Bonchev–Trinajstić information content (AvgIpc) is 2.97. The quantitative estimate of drug-likeness (QED) is 0.675. The molecule has 0 fully saturated rings. The van der Waals surface area contributed by atoms with E-state index in [1.165, 1.54) is 6.33 Å². The summed E-state index contributed by atoms with van der Waals surface area (Å²) in [4.78, 5) is 31.0. The zero-order valence-electron chi connectivity index (χ0n) is 11.1. The van der Waals surface area contributed by atoms with Gasteiger partial charge in [0.15, 0.2) is 0 Å². The molecule has 3 heterocycles. The minimum atomic E-state index is -0.0273. The van der Waals surface area contributed by atoms with Crippen LogP contribution in [0.4, 0.5) is 0 Å². The molecular weight excluding hydrogens is 266 g/mol.